The molecular formula is C14H17NO2S2. The van der Waals surface area contributed by atoms with E-state index in [9.17, 15) is 4.21 Å². The Balaban J connectivity index is 1.82. The predicted molar refractivity (Wildman–Crippen MR) is 80.3 cm³/mol. The van der Waals surface area contributed by atoms with Crippen LogP contribution >= 0.6 is 11.3 Å². The Morgan fingerprint density at radius 1 is 1.32 bits per heavy atom. The van der Waals surface area contributed by atoms with Crippen LogP contribution < -0.4 is 4.74 Å². The molecule has 0 N–H and O–H groups in total. The van der Waals surface area contributed by atoms with Gasteiger partial charge in [0.1, 0.15) is 5.75 Å². The van der Waals surface area contributed by atoms with E-state index in [0.717, 1.165) is 22.9 Å². The lowest BCUT2D eigenvalue weighted by molar-refractivity contribution is 0.414. The van der Waals surface area contributed by atoms with Crippen LogP contribution in [0.5, 0.6) is 5.75 Å². The number of hydrogen-bond donors (Lipinski definition) is 0. The maximum absolute atomic E-state index is 12.0. The number of ether oxygens (including phenoxy) is 1. The van der Waals surface area contributed by atoms with Crippen LogP contribution in [0.3, 0.4) is 0 Å². The van der Waals surface area contributed by atoms with Crippen LogP contribution in [0.2, 0.25) is 0 Å². The van der Waals surface area contributed by atoms with Gasteiger partial charge in [-0.25, -0.2) is 4.98 Å². The lowest BCUT2D eigenvalue weighted by atomic mass is 10.2. The largest absolute Gasteiger partial charge is 0.497 e. The summed E-state index contributed by atoms with van der Waals surface area (Å²) < 4.78 is 17.1. The Labute approximate surface area is 120 Å². The highest BCUT2D eigenvalue weighted by Gasteiger charge is 2.05. The van der Waals surface area contributed by atoms with Crippen molar-refractivity contribution in [1.29, 1.82) is 0 Å². The standard InChI is InChI=1S/C14H17NO2S2/c1-11-15-13(9-18-11)10-19(16)8-7-12-3-5-14(17-2)6-4-12/h3-6,9H,7-8,10H2,1-2H3/t19-/m0/s1. The minimum atomic E-state index is -0.852. The topological polar surface area (TPSA) is 39.2 Å². The van der Waals surface area contributed by atoms with E-state index < -0.39 is 10.8 Å². The average Bonchev–Trinajstić information content (AvgIpc) is 2.82. The summed E-state index contributed by atoms with van der Waals surface area (Å²) in [6.07, 6.45) is 0.819. The fourth-order valence-electron chi connectivity index (χ4n) is 1.74. The number of benzene rings is 1. The van der Waals surface area contributed by atoms with E-state index in [0.29, 0.717) is 11.5 Å². The molecule has 0 saturated carbocycles. The van der Waals surface area contributed by atoms with Gasteiger partial charge < -0.3 is 4.74 Å². The van der Waals surface area contributed by atoms with Crippen molar-refractivity contribution in [2.45, 2.75) is 19.1 Å². The third-order valence-corrected chi connectivity index (χ3v) is 4.85. The molecule has 0 aliphatic heterocycles. The van der Waals surface area contributed by atoms with Crippen LogP contribution in [0.25, 0.3) is 0 Å². The molecule has 1 aromatic carbocycles. The Morgan fingerprint density at radius 2 is 2.05 bits per heavy atom. The number of thiazole rings is 1. The molecule has 0 radical (unpaired) electrons. The van der Waals surface area contributed by atoms with Gasteiger partial charge in [0.15, 0.2) is 0 Å². The van der Waals surface area contributed by atoms with Gasteiger partial charge >= 0.3 is 0 Å². The number of aromatic nitrogens is 1. The van der Waals surface area contributed by atoms with E-state index in [1.54, 1.807) is 18.4 Å². The highest BCUT2D eigenvalue weighted by Crippen LogP contribution is 2.13. The van der Waals surface area contributed by atoms with Crippen molar-refractivity contribution in [1.82, 2.24) is 4.98 Å². The van der Waals surface area contributed by atoms with E-state index in [1.807, 2.05) is 36.6 Å². The van der Waals surface area contributed by atoms with E-state index in [1.165, 1.54) is 5.56 Å². The van der Waals surface area contributed by atoms with Crippen molar-refractivity contribution in [3.63, 3.8) is 0 Å². The van der Waals surface area contributed by atoms with Gasteiger partial charge in [0.05, 0.1) is 23.6 Å². The molecule has 0 aliphatic carbocycles. The molecule has 0 unspecified atom stereocenters. The van der Waals surface area contributed by atoms with Gasteiger partial charge in [0.25, 0.3) is 0 Å². The van der Waals surface area contributed by atoms with Gasteiger partial charge in [-0.05, 0) is 31.0 Å². The van der Waals surface area contributed by atoms with Crippen molar-refractivity contribution in [2.75, 3.05) is 12.9 Å². The molecule has 5 heteroatoms. The van der Waals surface area contributed by atoms with Gasteiger partial charge in [-0.3, -0.25) is 4.21 Å². The van der Waals surface area contributed by atoms with Crippen molar-refractivity contribution < 1.29 is 8.95 Å². The van der Waals surface area contributed by atoms with Crippen LogP contribution in [-0.4, -0.2) is 22.1 Å². The lowest BCUT2D eigenvalue weighted by Crippen LogP contribution is -2.04. The monoisotopic (exact) mass is 295 g/mol. The van der Waals surface area contributed by atoms with E-state index in [4.69, 9.17) is 4.74 Å². The zero-order valence-corrected chi connectivity index (χ0v) is 12.7. The molecule has 0 spiro atoms. The van der Waals surface area contributed by atoms with Gasteiger partial charge in [0.2, 0.25) is 0 Å². The van der Waals surface area contributed by atoms with Crippen LogP contribution in [0, 0.1) is 6.92 Å². The second-order valence-electron chi connectivity index (χ2n) is 4.24. The molecule has 102 valence electrons. The van der Waals surface area contributed by atoms with Crippen molar-refractivity contribution in [3.05, 3.63) is 45.9 Å². The third kappa shape index (κ3) is 4.44. The van der Waals surface area contributed by atoms with Gasteiger partial charge in [-0.1, -0.05) is 12.1 Å². The first-order valence-corrected chi connectivity index (χ1v) is 8.43. The molecule has 0 amide bonds. The molecule has 2 rings (SSSR count). The lowest BCUT2D eigenvalue weighted by Gasteiger charge is -2.03. The molecule has 2 aromatic rings. The maximum atomic E-state index is 12.0. The summed E-state index contributed by atoms with van der Waals surface area (Å²) in [5.74, 6) is 2.08. The Kier molecular flexibility index (Phi) is 5.10. The van der Waals surface area contributed by atoms with Crippen LogP contribution in [0.1, 0.15) is 16.3 Å². The van der Waals surface area contributed by atoms with Crippen molar-refractivity contribution in [2.24, 2.45) is 0 Å². The average molecular weight is 295 g/mol. The third-order valence-electron chi connectivity index (χ3n) is 2.75. The summed E-state index contributed by atoms with van der Waals surface area (Å²) in [5, 5.41) is 3.02. The second kappa shape index (κ2) is 6.82. The SMILES string of the molecule is COc1ccc(CC[S@](=O)Cc2csc(C)n2)cc1. The molecule has 0 bridgehead atoms. The highest BCUT2D eigenvalue weighted by atomic mass is 32.2. The van der Waals surface area contributed by atoms with Crippen molar-refractivity contribution in [3.8, 4) is 5.75 Å². The quantitative estimate of drug-likeness (QED) is 0.822. The number of rotatable bonds is 6. The molecule has 1 aromatic heterocycles. The number of hydrogen-bond acceptors (Lipinski definition) is 4. The summed E-state index contributed by atoms with van der Waals surface area (Å²) in [6.45, 7) is 1.97. The molecule has 1 heterocycles. The zero-order valence-electron chi connectivity index (χ0n) is 11.1. The van der Waals surface area contributed by atoms with Gasteiger partial charge in [-0.2, -0.15) is 0 Å². The summed E-state index contributed by atoms with van der Waals surface area (Å²) in [6, 6.07) is 7.90. The minimum absolute atomic E-state index is 0.556. The number of methoxy groups -OCH3 is 1. The van der Waals surface area contributed by atoms with Crippen molar-refractivity contribution >= 4 is 22.1 Å². The maximum Gasteiger partial charge on any atom is 0.118 e. The Hall–Kier alpha value is -1.20. The molecular weight excluding hydrogens is 278 g/mol. The summed E-state index contributed by atoms with van der Waals surface area (Å²) >= 11 is 1.61. The fourth-order valence-corrected chi connectivity index (χ4v) is 3.54. The smallest absolute Gasteiger partial charge is 0.118 e. The fraction of sp³-hybridized carbons (Fsp3) is 0.357. The van der Waals surface area contributed by atoms with E-state index in [-0.39, 0.29) is 0 Å². The second-order valence-corrected chi connectivity index (χ2v) is 6.88. The summed E-state index contributed by atoms with van der Waals surface area (Å²) in [7, 11) is 0.800. The Morgan fingerprint density at radius 3 is 2.63 bits per heavy atom. The molecule has 3 nitrogen and oxygen atoms in total. The first kappa shape index (κ1) is 14.2. The predicted octanol–water partition coefficient (Wildman–Crippen LogP) is 2.95. The summed E-state index contributed by atoms with van der Waals surface area (Å²) in [5.41, 5.74) is 2.12. The van der Waals surface area contributed by atoms with Crippen LogP contribution in [0.4, 0.5) is 0 Å². The summed E-state index contributed by atoms with van der Waals surface area (Å²) in [4.78, 5) is 4.34. The molecule has 0 fully saturated rings. The molecule has 19 heavy (non-hydrogen) atoms. The van der Waals surface area contributed by atoms with Crippen LogP contribution in [0.15, 0.2) is 29.6 Å². The van der Waals surface area contributed by atoms with Gasteiger partial charge in [0, 0.05) is 21.9 Å². The van der Waals surface area contributed by atoms with E-state index >= 15 is 0 Å². The highest BCUT2D eigenvalue weighted by molar-refractivity contribution is 7.84. The normalized spacial score (nSPS) is 12.3. The first-order valence-electron chi connectivity index (χ1n) is 6.06. The molecule has 1 atom stereocenters. The Bertz CT molecular complexity index is 549. The number of nitrogens with zero attached hydrogens (tertiary/aromatic N) is 1. The zero-order chi connectivity index (χ0) is 13.7. The van der Waals surface area contributed by atoms with Crippen LogP contribution in [-0.2, 0) is 23.0 Å². The minimum Gasteiger partial charge on any atom is -0.497 e. The molecule has 0 saturated heterocycles. The molecule has 0 aliphatic rings. The van der Waals surface area contributed by atoms with Gasteiger partial charge in [-0.15, -0.1) is 11.3 Å². The number of aryl methyl sites for hydroxylation is 2. The first-order chi connectivity index (χ1) is 9.17. The van der Waals surface area contributed by atoms with E-state index in [2.05, 4.69) is 4.98 Å².